The van der Waals surface area contributed by atoms with Crippen LogP contribution in [-0.4, -0.2) is 34.0 Å². The van der Waals surface area contributed by atoms with Gasteiger partial charge in [-0.3, -0.25) is 0 Å². The van der Waals surface area contributed by atoms with Gasteiger partial charge in [-0.25, -0.2) is 9.97 Å². The molecule has 0 bridgehead atoms. The zero-order valence-corrected chi connectivity index (χ0v) is 20.3. The lowest BCUT2D eigenvalue weighted by Gasteiger charge is -2.30. The van der Waals surface area contributed by atoms with Crippen molar-refractivity contribution in [2.45, 2.75) is 50.7 Å². The van der Waals surface area contributed by atoms with Crippen molar-refractivity contribution in [2.24, 2.45) is 0 Å². The van der Waals surface area contributed by atoms with Gasteiger partial charge < -0.3 is 25.1 Å². The lowest BCUT2D eigenvalue weighted by molar-refractivity contribution is -0.274. The number of nitrogens with two attached hydrogens (primary N) is 1. The van der Waals surface area contributed by atoms with E-state index in [9.17, 15) is 13.2 Å². The molecule has 2 aromatic carbocycles. The zero-order valence-electron chi connectivity index (χ0n) is 20.3. The molecule has 10 heteroatoms. The van der Waals surface area contributed by atoms with Gasteiger partial charge in [0, 0.05) is 30.4 Å². The smallest absolute Gasteiger partial charge is 0.497 e. The van der Waals surface area contributed by atoms with Crippen molar-refractivity contribution in [3.63, 3.8) is 0 Å². The quantitative estimate of drug-likeness (QED) is 0.323. The highest BCUT2D eigenvalue weighted by molar-refractivity contribution is 6.00. The highest BCUT2D eigenvalue weighted by Gasteiger charge is 2.31. The molecule has 0 radical (unpaired) electrons. The minimum Gasteiger partial charge on any atom is -0.497 e. The standard InChI is InChI=1S/C27H28F3N5O2/c1-36-21-11-5-18(6-12-21)23-15-35(26-24(23)25(31)33-16-34-26)20-9-7-19(8-10-20)32-14-17-3-2-4-22(13-17)37-27(28,29)30/h2-6,11-13,15-16,19-20,32H,7-10,14H2,1H3,(H2,31,33,34). The van der Waals surface area contributed by atoms with Crippen molar-refractivity contribution in [3.05, 3.63) is 66.6 Å². The molecule has 0 spiro atoms. The molecule has 5 rings (SSSR count). The predicted molar refractivity (Wildman–Crippen MR) is 135 cm³/mol. The van der Waals surface area contributed by atoms with Crippen molar-refractivity contribution in [3.8, 4) is 22.6 Å². The van der Waals surface area contributed by atoms with Gasteiger partial charge in [-0.05, 0) is 61.1 Å². The lowest BCUT2D eigenvalue weighted by Crippen LogP contribution is -2.33. The maximum absolute atomic E-state index is 12.5. The fourth-order valence-corrected chi connectivity index (χ4v) is 5.05. The number of nitrogen functional groups attached to an aromatic ring is 1. The van der Waals surface area contributed by atoms with Crippen LogP contribution in [-0.2, 0) is 6.54 Å². The maximum Gasteiger partial charge on any atom is 0.573 e. The zero-order chi connectivity index (χ0) is 26.0. The number of nitrogens with zero attached hydrogens (tertiary/aromatic N) is 3. The van der Waals surface area contributed by atoms with E-state index in [0.29, 0.717) is 12.4 Å². The van der Waals surface area contributed by atoms with E-state index in [0.717, 1.165) is 59.2 Å². The second kappa shape index (κ2) is 10.3. The molecule has 1 fully saturated rings. The third-order valence-corrected chi connectivity index (χ3v) is 6.86. The van der Waals surface area contributed by atoms with E-state index >= 15 is 0 Å². The van der Waals surface area contributed by atoms with E-state index in [2.05, 4.69) is 30.8 Å². The average molecular weight is 512 g/mol. The van der Waals surface area contributed by atoms with Gasteiger partial charge in [0.1, 0.15) is 29.3 Å². The normalized spacial score (nSPS) is 18.2. The van der Waals surface area contributed by atoms with Crippen LogP contribution < -0.4 is 20.5 Å². The summed E-state index contributed by atoms with van der Waals surface area (Å²) in [6.45, 7) is 0.474. The van der Waals surface area contributed by atoms with Gasteiger partial charge in [0.05, 0.1) is 12.5 Å². The monoisotopic (exact) mass is 511 g/mol. The molecule has 0 amide bonds. The second-order valence-corrected chi connectivity index (χ2v) is 9.22. The number of hydrogen-bond donors (Lipinski definition) is 2. The number of anilines is 1. The van der Waals surface area contributed by atoms with Gasteiger partial charge in [-0.15, -0.1) is 13.2 Å². The highest BCUT2D eigenvalue weighted by Crippen LogP contribution is 2.38. The summed E-state index contributed by atoms with van der Waals surface area (Å²) in [6, 6.07) is 14.4. The molecule has 4 aromatic rings. The Bertz CT molecular complexity index is 1360. The predicted octanol–water partition coefficient (Wildman–Crippen LogP) is 5.86. The molecular formula is C27H28F3N5O2. The molecule has 0 atom stereocenters. The largest absolute Gasteiger partial charge is 0.573 e. The summed E-state index contributed by atoms with van der Waals surface area (Å²) in [5, 5.41) is 4.33. The molecule has 194 valence electrons. The highest BCUT2D eigenvalue weighted by atomic mass is 19.4. The first-order chi connectivity index (χ1) is 17.8. The van der Waals surface area contributed by atoms with Gasteiger partial charge >= 0.3 is 6.36 Å². The fraction of sp³-hybridized carbons (Fsp3) is 0.333. The van der Waals surface area contributed by atoms with Crippen LogP contribution in [0.5, 0.6) is 11.5 Å². The number of aromatic nitrogens is 3. The summed E-state index contributed by atoms with van der Waals surface area (Å²) < 4.78 is 49.1. The van der Waals surface area contributed by atoms with Crippen molar-refractivity contribution in [1.29, 1.82) is 0 Å². The first-order valence-electron chi connectivity index (χ1n) is 12.1. The summed E-state index contributed by atoms with van der Waals surface area (Å²) in [7, 11) is 1.64. The number of alkyl halides is 3. The van der Waals surface area contributed by atoms with Gasteiger partial charge in [-0.1, -0.05) is 24.3 Å². The number of ether oxygens (including phenoxy) is 2. The first-order valence-corrected chi connectivity index (χ1v) is 12.1. The molecule has 3 N–H and O–H groups in total. The fourth-order valence-electron chi connectivity index (χ4n) is 5.05. The molecule has 0 unspecified atom stereocenters. The Hall–Kier alpha value is -3.79. The Morgan fingerprint density at radius 3 is 2.49 bits per heavy atom. The molecule has 2 heterocycles. The van der Waals surface area contributed by atoms with Crippen molar-refractivity contribution < 1.29 is 22.6 Å². The van der Waals surface area contributed by atoms with Crippen LogP contribution in [0.25, 0.3) is 22.2 Å². The number of benzene rings is 2. The van der Waals surface area contributed by atoms with E-state index < -0.39 is 6.36 Å². The molecule has 1 saturated carbocycles. The van der Waals surface area contributed by atoms with E-state index in [4.69, 9.17) is 10.5 Å². The third-order valence-electron chi connectivity index (χ3n) is 6.86. The summed E-state index contributed by atoms with van der Waals surface area (Å²) in [5.74, 6) is 1.02. The van der Waals surface area contributed by atoms with Crippen molar-refractivity contribution in [2.75, 3.05) is 12.8 Å². The molecule has 7 nitrogen and oxygen atoms in total. The molecular weight excluding hydrogens is 483 g/mol. The number of halogens is 3. The lowest BCUT2D eigenvalue weighted by atomic mass is 9.91. The molecule has 0 aliphatic heterocycles. The Morgan fingerprint density at radius 1 is 1.03 bits per heavy atom. The first kappa shape index (κ1) is 24.9. The van der Waals surface area contributed by atoms with Crippen LogP contribution in [0.4, 0.5) is 19.0 Å². The number of methoxy groups -OCH3 is 1. The molecule has 1 aliphatic carbocycles. The second-order valence-electron chi connectivity index (χ2n) is 9.22. The SMILES string of the molecule is COc1ccc(-c2cn(C3CCC(NCc4cccc(OC(F)(F)F)c4)CC3)c3ncnc(N)c23)cc1. The summed E-state index contributed by atoms with van der Waals surface area (Å²) in [6.07, 6.45) is 2.64. The Morgan fingerprint density at radius 2 is 1.78 bits per heavy atom. The van der Waals surface area contributed by atoms with Gasteiger partial charge in [0.2, 0.25) is 0 Å². The summed E-state index contributed by atoms with van der Waals surface area (Å²) in [4.78, 5) is 8.79. The van der Waals surface area contributed by atoms with E-state index in [1.165, 1.54) is 18.5 Å². The van der Waals surface area contributed by atoms with Crippen LogP contribution >= 0.6 is 0 Å². The Balaban J connectivity index is 1.27. The minimum absolute atomic E-state index is 0.205. The third kappa shape index (κ3) is 5.64. The van der Waals surface area contributed by atoms with Crippen molar-refractivity contribution in [1.82, 2.24) is 19.9 Å². The number of nitrogens with one attached hydrogen (secondary N) is 1. The van der Waals surface area contributed by atoms with E-state index in [-0.39, 0.29) is 17.8 Å². The van der Waals surface area contributed by atoms with Crippen LogP contribution in [0.15, 0.2) is 61.1 Å². The number of fused-ring (bicyclic) bond motifs is 1. The minimum atomic E-state index is -4.70. The van der Waals surface area contributed by atoms with Gasteiger partial charge in [0.25, 0.3) is 0 Å². The van der Waals surface area contributed by atoms with Crippen molar-refractivity contribution >= 4 is 16.9 Å². The Labute approximate surface area is 212 Å². The molecule has 0 saturated heterocycles. The van der Waals surface area contributed by atoms with E-state index in [1.54, 1.807) is 19.2 Å². The van der Waals surface area contributed by atoms with Gasteiger partial charge in [0.15, 0.2) is 0 Å². The van der Waals surface area contributed by atoms with E-state index in [1.807, 2.05) is 24.3 Å². The molecule has 37 heavy (non-hydrogen) atoms. The van der Waals surface area contributed by atoms with Crippen LogP contribution in [0.2, 0.25) is 0 Å². The van der Waals surface area contributed by atoms with Gasteiger partial charge in [-0.2, -0.15) is 0 Å². The molecule has 2 aromatic heterocycles. The Kier molecular flexibility index (Phi) is 6.92. The average Bonchev–Trinajstić information content (AvgIpc) is 3.28. The summed E-state index contributed by atoms with van der Waals surface area (Å²) >= 11 is 0. The van der Waals surface area contributed by atoms with Crippen LogP contribution in [0, 0.1) is 0 Å². The van der Waals surface area contributed by atoms with Crippen LogP contribution in [0.3, 0.4) is 0 Å². The summed E-state index contributed by atoms with van der Waals surface area (Å²) in [5.41, 5.74) is 9.84. The number of hydrogen-bond acceptors (Lipinski definition) is 6. The maximum atomic E-state index is 12.5. The molecule has 1 aliphatic rings. The topological polar surface area (TPSA) is 87.2 Å². The number of rotatable bonds is 7. The van der Waals surface area contributed by atoms with Crippen LogP contribution in [0.1, 0.15) is 37.3 Å².